The summed E-state index contributed by atoms with van der Waals surface area (Å²) in [7, 11) is 0. The van der Waals surface area contributed by atoms with Crippen LogP contribution in [0.2, 0.25) is 5.02 Å². The third-order valence-electron chi connectivity index (χ3n) is 6.30. The molecular formula is C21H18ClF3N4O. The maximum atomic E-state index is 13.4. The molecule has 1 unspecified atom stereocenters. The summed E-state index contributed by atoms with van der Waals surface area (Å²) in [6, 6.07) is 9.20. The average Bonchev–Trinajstić information content (AvgIpc) is 3.39. The quantitative estimate of drug-likeness (QED) is 0.589. The standard InChI is InChI=1S/C21H18ClF3N4O/c22-15-5-6-18-26-27-19(29(18)11-15)20(30)28-9-13-7-12(8-14(13)10-28)16-3-1-2-4-17(16)21(23,24)25/h1-6,11-14H,7-10H2/t12?,13-,14+. The Morgan fingerprint density at radius 2 is 1.73 bits per heavy atom. The van der Waals surface area contributed by atoms with Crippen molar-refractivity contribution in [1.82, 2.24) is 19.5 Å². The Morgan fingerprint density at radius 1 is 1.03 bits per heavy atom. The SMILES string of the molecule is O=C(c1nnc2ccc(Cl)cn12)N1C[C@H]2CC(c3ccccc3C(F)(F)F)C[C@H]2C1. The summed E-state index contributed by atoms with van der Waals surface area (Å²) in [6.45, 7) is 1.04. The second-order valence-corrected chi connectivity index (χ2v) is 8.52. The second kappa shape index (κ2) is 6.97. The molecular weight excluding hydrogens is 417 g/mol. The first-order chi connectivity index (χ1) is 14.3. The number of carbonyl (C=O) groups excluding carboxylic acids is 1. The van der Waals surface area contributed by atoms with Crippen LogP contribution in [0.1, 0.15) is 40.5 Å². The van der Waals surface area contributed by atoms with Gasteiger partial charge in [-0.05, 0) is 54.4 Å². The lowest BCUT2D eigenvalue weighted by Gasteiger charge is -2.21. The summed E-state index contributed by atoms with van der Waals surface area (Å²) in [5.74, 6) is 0.201. The first kappa shape index (κ1) is 19.4. The van der Waals surface area contributed by atoms with E-state index in [-0.39, 0.29) is 29.5 Å². The average molecular weight is 435 g/mol. The number of hydrogen-bond acceptors (Lipinski definition) is 3. The van der Waals surface area contributed by atoms with Gasteiger partial charge < -0.3 is 4.90 Å². The number of halogens is 4. The van der Waals surface area contributed by atoms with Gasteiger partial charge in [-0.15, -0.1) is 10.2 Å². The summed E-state index contributed by atoms with van der Waals surface area (Å²) in [5.41, 5.74) is 0.357. The lowest BCUT2D eigenvalue weighted by Crippen LogP contribution is -2.31. The van der Waals surface area contributed by atoms with Crippen molar-refractivity contribution in [3.05, 3.63) is 64.6 Å². The van der Waals surface area contributed by atoms with E-state index < -0.39 is 11.7 Å². The molecule has 156 valence electrons. The van der Waals surface area contributed by atoms with Crippen LogP contribution in [-0.2, 0) is 6.18 Å². The third-order valence-corrected chi connectivity index (χ3v) is 6.53. The highest BCUT2D eigenvalue weighted by Crippen LogP contribution is 2.49. The molecule has 0 N–H and O–H groups in total. The van der Waals surface area contributed by atoms with E-state index in [1.807, 2.05) is 0 Å². The molecule has 1 saturated carbocycles. The molecule has 1 amide bonds. The van der Waals surface area contributed by atoms with Gasteiger partial charge in [-0.2, -0.15) is 13.2 Å². The highest BCUT2D eigenvalue weighted by atomic mass is 35.5. The number of fused-ring (bicyclic) bond motifs is 2. The van der Waals surface area contributed by atoms with Gasteiger partial charge in [-0.25, -0.2) is 0 Å². The molecule has 5 rings (SSSR count). The summed E-state index contributed by atoms with van der Waals surface area (Å²) in [4.78, 5) is 14.7. The van der Waals surface area contributed by atoms with E-state index >= 15 is 0 Å². The molecule has 1 aliphatic heterocycles. The lowest BCUT2D eigenvalue weighted by molar-refractivity contribution is -0.138. The number of benzene rings is 1. The zero-order valence-corrected chi connectivity index (χ0v) is 16.6. The zero-order valence-electron chi connectivity index (χ0n) is 15.8. The molecule has 2 aliphatic rings. The fourth-order valence-electron chi connectivity index (χ4n) is 4.98. The van der Waals surface area contributed by atoms with Gasteiger partial charge in [-0.3, -0.25) is 9.20 Å². The van der Waals surface area contributed by atoms with Crippen LogP contribution in [0.25, 0.3) is 5.65 Å². The molecule has 2 aromatic heterocycles. The van der Waals surface area contributed by atoms with Gasteiger partial charge in [0.1, 0.15) is 0 Å². The molecule has 5 nitrogen and oxygen atoms in total. The first-order valence-electron chi connectivity index (χ1n) is 9.77. The molecule has 2 fully saturated rings. The third kappa shape index (κ3) is 3.23. The summed E-state index contributed by atoms with van der Waals surface area (Å²) < 4.78 is 41.8. The van der Waals surface area contributed by atoms with Crippen molar-refractivity contribution >= 4 is 23.2 Å². The maximum absolute atomic E-state index is 13.4. The number of nitrogens with zero attached hydrogens (tertiary/aromatic N) is 4. The smallest absolute Gasteiger partial charge is 0.335 e. The van der Waals surface area contributed by atoms with Crippen LogP contribution in [0.3, 0.4) is 0 Å². The minimum absolute atomic E-state index is 0.136. The Labute approximate surface area is 175 Å². The number of amides is 1. The summed E-state index contributed by atoms with van der Waals surface area (Å²) in [5, 5.41) is 8.50. The van der Waals surface area contributed by atoms with Crippen molar-refractivity contribution in [2.75, 3.05) is 13.1 Å². The minimum atomic E-state index is -4.35. The van der Waals surface area contributed by atoms with Crippen molar-refractivity contribution in [2.45, 2.75) is 24.9 Å². The van der Waals surface area contributed by atoms with Gasteiger partial charge >= 0.3 is 6.18 Å². The second-order valence-electron chi connectivity index (χ2n) is 8.08. The van der Waals surface area contributed by atoms with Crippen LogP contribution >= 0.6 is 11.6 Å². The fourth-order valence-corrected chi connectivity index (χ4v) is 5.14. The van der Waals surface area contributed by atoms with Crippen molar-refractivity contribution < 1.29 is 18.0 Å². The molecule has 30 heavy (non-hydrogen) atoms. The van der Waals surface area contributed by atoms with E-state index in [0.717, 1.165) is 6.07 Å². The Bertz CT molecular complexity index is 1110. The molecule has 0 spiro atoms. The lowest BCUT2D eigenvalue weighted by atomic mass is 9.91. The van der Waals surface area contributed by atoms with E-state index in [2.05, 4.69) is 10.2 Å². The molecule has 3 atom stereocenters. The predicted molar refractivity (Wildman–Crippen MR) is 104 cm³/mol. The van der Waals surface area contributed by atoms with Gasteiger partial charge in [-0.1, -0.05) is 29.8 Å². The molecule has 0 radical (unpaired) electrons. The molecule has 3 heterocycles. The number of carbonyl (C=O) groups is 1. The van der Waals surface area contributed by atoms with E-state index in [1.165, 1.54) is 6.07 Å². The topological polar surface area (TPSA) is 50.5 Å². The van der Waals surface area contributed by atoms with Crippen LogP contribution in [0.4, 0.5) is 13.2 Å². The Morgan fingerprint density at radius 3 is 2.43 bits per heavy atom. The number of rotatable bonds is 2. The van der Waals surface area contributed by atoms with Gasteiger partial charge in [0.25, 0.3) is 5.91 Å². The molecule has 0 bridgehead atoms. The van der Waals surface area contributed by atoms with E-state index in [0.29, 0.717) is 42.2 Å². The van der Waals surface area contributed by atoms with Crippen LogP contribution in [-0.4, -0.2) is 38.5 Å². The number of likely N-dealkylation sites (tertiary alicyclic amines) is 1. The number of hydrogen-bond donors (Lipinski definition) is 0. The Hall–Kier alpha value is -2.61. The van der Waals surface area contributed by atoms with Crippen molar-refractivity contribution in [2.24, 2.45) is 11.8 Å². The highest BCUT2D eigenvalue weighted by molar-refractivity contribution is 6.30. The molecule has 1 aromatic carbocycles. The Balaban J connectivity index is 1.33. The molecule has 9 heteroatoms. The van der Waals surface area contributed by atoms with Gasteiger partial charge in [0.15, 0.2) is 5.65 Å². The number of pyridine rings is 1. The predicted octanol–water partition coefficient (Wildman–Crippen LogP) is 4.67. The molecule has 1 aliphatic carbocycles. The Kier molecular flexibility index (Phi) is 4.50. The zero-order chi connectivity index (χ0) is 21.0. The first-order valence-corrected chi connectivity index (χ1v) is 10.1. The maximum Gasteiger partial charge on any atom is 0.416 e. The highest BCUT2D eigenvalue weighted by Gasteiger charge is 2.45. The number of aromatic nitrogens is 3. The summed E-state index contributed by atoms with van der Waals surface area (Å²) in [6.07, 6.45) is -1.46. The fraction of sp³-hybridized carbons (Fsp3) is 0.381. The van der Waals surface area contributed by atoms with Gasteiger partial charge in [0, 0.05) is 19.3 Å². The van der Waals surface area contributed by atoms with Crippen LogP contribution in [0, 0.1) is 11.8 Å². The van der Waals surface area contributed by atoms with Crippen molar-refractivity contribution in [3.8, 4) is 0 Å². The number of alkyl halides is 3. The van der Waals surface area contributed by atoms with Crippen LogP contribution in [0.15, 0.2) is 42.6 Å². The van der Waals surface area contributed by atoms with Crippen molar-refractivity contribution in [3.63, 3.8) is 0 Å². The van der Waals surface area contributed by atoms with Gasteiger partial charge in [0.2, 0.25) is 5.82 Å². The molecule has 1 saturated heterocycles. The largest absolute Gasteiger partial charge is 0.416 e. The van der Waals surface area contributed by atoms with Crippen LogP contribution < -0.4 is 0 Å². The minimum Gasteiger partial charge on any atom is -0.335 e. The van der Waals surface area contributed by atoms with Crippen molar-refractivity contribution in [1.29, 1.82) is 0 Å². The van der Waals surface area contributed by atoms with E-state index in [9.17, 15) is 18.0 Å². The van der Waals surface area contributed by atoms with Crippen LogP contribution in [0.5, 0.6) is 0 Å². The summed E-state index contributed by atoms with van der Waals surface area (Å²) >= 11 is 6.03. The monoisotopic (exact) mass is 434 g/mol. The van der Waals surface area contributed by atoms with E-state index in [4.69, 9.17) is 11.6 Å². The van der Waals surface area contributed by atoms with E-state index in [1.54, 1.807) is 39.8 Å². The molecule has 3 aromatic rings. The normalized spacial score (nSPS) is 23.9. The van der Waals surface area contributed by atoms with Gasteiger partial charge in [0.05, 0.1) is 10.6 Å².